The van der Waals surface area contributed by atoms with Crippen molar-refractivity contribution in [2.45, 2.75) is 6.54 Å². The van der Waals surface area contributed by atoms with E-state index in [1.54, 1.807) is 5.38 Å². The lowest BCUT2D eigenvalue weighted by Crippen LogP contribution is -2.43. The van der Waals surface area contributed by atoms with E-state index in [0.29, 0.717) is 11.3 Å². The number of nitrogens with zero attached hydrogens (tertiary/aromatic N) is 3. The molecule has 0 aliphatic rings. The average molecular weight is 576 g/mol. The van der Waals surface area contributed by atoms with Gasteiger partial charge in [0.2, 0.25) is 0 Å². The van der Waals surface area contributed by atoms with Gasteiger partial charge in [-0.1, -0.05) is 11.6 Å². The highest BCUT2D eigenvalue weighted by atomic mass is 35.5. The Morgan fingerprint density at radius 2 is 1.72 bits per heavy atom. The highest BCUT2D eigenvalue weighted by molar-refractivity contribution is 7.12. The summed E-state index contributed by atoms with van der Waals surface area (Å²) in [5.41, 5.74) is 12.0. The molecule has 0 saturated heterocycles. The molecule has 0 fully saturated rings. The molecule has 1 aromatic heterocycles. The van der Waals surface area contributed by atoms with E-state index >= 15 is 0 Å². The lowest BCUT2D eigenvalue weighted by atomic mass is 10.2. The molecule has 1 heterocycles. The number of nitrogens with two attached hydrogens (primary N) is 2. The molecule has 0 aliphatic carbocycles. The molecule has 204 valence electrons. The van der Waals surface area contributed by atoms with Gasteiger partial charge in [-0.05, 0) is 53.4 Å². The van der Waals surface area contributed by atoms with Crippen LogP contribution < -0.4 is 25.8 Å². The zero-order chi connectivity index (χ0) is 28.7. The molecule has 15 heteroatoms. The van der Waals surface area contributed by atoms with Crippen molar-refractivity contribution >= 4 is 64.4 Å². The molecule has 0 spiro atoms. The molecule has 0 radical (unpaired) electrons. The van der Waals surface area contributed by atoms with Crippen molar-refractivity contribution in [3.05, 3.63) is 70.1 Å². The van der Waals surface area contributed by atoms with E-state index in [0.717, 1.165) is 21.1 Å². The predicted octanol–water partition coefficient (Wildman–Crippen LogP) is 3.73. The van der Waals surface area contributed by atoms with Gasteiger partial charge in [0, 0.05) is 19.7 Å². The number of carbonyl (C=O) groups is 4. The molecule has 0 saturated carbocycles. The van der Waals surface area contributed by atoms with Gasteiger partial charge in [-0.15, -0.1) is 11.3 Å². The summed E-state index contributed by atoms with van der Waals surface area (Å²) in [6.07, 6.45) is -1.49. The average Bonchev–Trinajstić information content (AvgIpc) is 3.28. The summed E-state index contributed by atoms with van der Waals surface area (Å²) in [4.78, 5) is 53.8. The number of benzene rings is 2. The third-order valence-electron chi connectivity index (χ3n) is 4.93. The van der Waals surface area contributed by atoms with Crippen LogP contribution in [0, 0.1) is 0 Å². The third-order valence-corrected chi connectivity index (χ3v) is 6.08. The minimum absolute atomic E-state index is 0.0576. The first-order valence-corrected chi connectivity index (χ1v) is 12.1. The van der Waals surface area contributed by atoms with Gasteiger partial charge in [0.05, 0.1) is 22.0 Å². The van der Waals surface area contributed by atoms with Gasteiger partial charge >= 0.3 is 24.1 Å². The summed E-state index contributed by atoms with van der Waals surface area (Å²) >= 11 is 7.35. The van der Waals surface area contributed by atoms with Crippen LogP contribution in [0.2, 0.25) is 5.02 Å². The number of halogens is 1. The van der Waals surface area contributed by atoms with Crippen LogP contribution in [0.15, 0.2) is 58.9 Å². The fraction of sp³-hybridized carbons (Fsp3) is 0.125. The molecule has 13 nitrogen and oxygen atoms in total. The quantitative estimate of drug-likeness (QED) is 0.126. The zero-order valence-corrected chi connectivity index (χ0v) is 21.8. The van der Waals surface area contributed by atoms with Crippen molar-refractivity contribution in [1.29, 1.82) is 0 Å². The molecule has 39 heavy (non-hydrogen) atoms. The molecule has 0 atom stereocenters. The maximum Gasteiger partial charge on any atom is 0.512 e. The van der Waals surface area contributed by atoms with E-state index in [9.17, 15) is 24.3 Å². The van der Waals surface area contributed by atoms with E-state index in [2.05, 4.69) is 9.73 Å². The summed E-state index contributed by atoms with van der Waals surface area (Å²) in [6, 6.07) is 10.9. The predicted molar refractivity (Wildman–Crippen MR) is 143 cm³/mol. The molecule has 2 aromatic carbocycles. The fourth-order valence-electron chi connectivity index (χ4n) is 3.28. The lowest BCUT2D eigenvalue weighted by molar-refractivity contribution is -0.137. The number of ether oxygens (including phenoxy) is 2. The van der Waals surface area contributed by atoms with Crippen LogP contribution in [-0.2, 0) is 11.3 Å². The number of thiophene rings is 1. The van der Waals surface area contributed by atoms with Crippen LogP contribution in [0.25, 0.3) is 0 Å². The second kappa shape index (κ2) is 12.6. The first-order chi connectivity index (χ1) is 18.4. The van der Waals surface area contributed by atoms with Crippen LogP contribution in [0.3, 0.4) is 0 Å². The summed E-state index contributed by atoms with van der Waals surface area (Å²) in [5, 5.41) is 19.7. The maximum absolute atomic E-state index is 13.2. The monoisotopic (exact) mass is 575 g/mol. The summed E-state index contributed by atoms with van der Waals surface area (Å²) < 4.78 is 9.93. The topological polar surface area (TPSA) is 198 Å². The van der Waals surface area contributed by atoms with Crippen LogP contribution in [0.1, 0.15) is 15.9 Å². The number of rotatable bonds is 9. The number of aliphatic carboxylic acids is 1. The van der Waals surface area contributed by atoms with Crippen molar-refractivity contribution in [3.63, 3.8) is 0 Å². The van der Waals surface area contributed by atoms with Gasteiger partial charge in [-0.25, -0.2) is 19.4 Å². The Morgan fingerprint density at radius 3 is 2.31 bits per heavy atom. The normalized spacial score (nSPS) is 10.3. The minimum atomic E-state index is -1.49. The standard InChI is InChI=1S/C24H22ClN5O8S/c1-29(23(34)30(11-19(31)32)10-13-8-20(39-12-13)38-24(35)36)18-7-6-16(9-17(18)25)37-21(33)14-2-4-15(5-3-14)28-22(26)27/h2-9,12H,10-11H2,1H3,(H,31,32)(H,35,36)(H4,26,27,28). The van der Waals surface area contributed by atoms with Gasteiger partial charge in [-0.3, -0.25) is 9.69 Å². The molecular weight excluding hydrogens is 554 g/mol. The number of carboxylic acid groups (broad SMARTS) is 2. The number of aliphatic imine (C=N–C) groups is 1. The number of carbonyl (C=O) groups excluding carboxylic acids is 2. The SMILES string of the molecule is CN(C(=O)N(CC(=O)O)Cc1csc(OC(=O)O)c1)c1ccc(OC(=O)c2ccc(N=C(N)N)cc2)cc1Cl. The number of hydrogen-bond acceptors (Lipinski definition) is 8. The molecule has 0 aliphatic heterocycles. The van der Waals surface area contributed by atoms with E-state index in [4.69, 9.17) is 32.9 Å². The molecule has 0 bridgehead atoms. The lowest BCUT2D eigenvalue weighted by Gasteiger charge is -2.27. The molecule has 3 rings (SSSR count). The van der Waals surface area contributed by atoms with Gasteiger partial charge in [0.1, 0.15) is 12.3 Å². The maximum atomic E-state index is 13.2. The van der Waals surface area contributed by atoms with Crippen molar-refractivity contribution in [2.24, 2.45) is 16.5 Å². The molecular formula is C24H22ClN5O8S. The smallest absolute Gasteiger partial charge is 0.480 e. The second-order valence-electron chi connectivity index (χ2n) is 7.82. The largest absolute Gasteiger partial charge is 0.512 e. The van der Waals surface area contributed by atoms with E-state index in [1.807, 2.05) is 0 Å². The highest BCUT2D eigenvalue weighted by Gasteiger charge is 2.24. The Bertz CT molecular complexity index is 1420. The van der Waals surface area contributed by atoms with Crippen molar-refractivity contribution in [1.82, 2.24) is 4.90 Å². The van der Waals surface area contributed by atoms with Gasteiger partial charge in [0.25, 0.3) is 0 Å². The summed E-state index contributed by atoms with van der Waals surface area (Å²) in [5.74, 6) is -1.95. The van der Waals surface area contributed by atoms with Crippen molar-refractivity contribution in [2.75, 3.05) is 18.5 Å². The fourth-order valence-corrected chi connectivity index (χ4v) is 4.32. The van der Waals surface area contributed by atoms with Crippen LogP contribution >= 0.6 is 22.9 Å². The Morgan fingerprint density at radius 1 is 1.03 bits per heavy atom. The Labute approximate surface area is 230 Å². The van der Waals surface area contributed by atoms with Crippen LogP contribution in [-0.4, -0.2) is 58.8 Å². The number of urea groups is 1. The summed E-state index contributed by atoms with van der Waals surface area (Å²) in [6.45, 7) is -0.770. The molecule has 3 aromatic rings. The zero-order valence-electron chi connectivity index (χ0n) is 20.2. The van der Waals surface area contributed by atoms with Gasteiger partial charge < -0.3 is 36.1 Å². The first kappa shape index (κ1) is 28.7. The number of guanidine groups is 1. The van der Waals surface area contributed by atoms with E-state index in [1.165, 1.54) is 55.6 Å². The Balaban J connectivity index is 1.72. The number of amides is 2. The molecule has 2 amide bonds. The first-order valence-electron chi connectivity index (χ1n) is 10.9. The highest BCUT2D eigenvalue weighted by Crippen LogP contribution is 2.31. The van der Waals surface area contributed by atoms with Crippen LogP contribution in [0.5, 0.6) is 10.8 Å². The number of esters is 1. The van der Waals surface area contributed by atoms with E-state index < -0.39 is 30.7 Å². The van der Waals surface area contributed by atoms with Crippen molar-refractivity contribution in [3.8, 4) is 10.8 Å². The number of hydrogen-bond donors (Lipinski definition) is 4. The van der Waals surface area contributed by atoms with Gasteiger partial charge in [-0.2, -0.15) is 0 Å². The van der Waals surface area contributed by atoms with Gasteiger partial charge in [0.15, 0.2) is 11.0 Å². The second-order valence-corrected chi connectivity index (χ2v) is 9.10. The van der Waals surface area contributed by atoms with Crippen LogP contribution in [0.4, 0.5) is 21.0 Å². The number of carboxylic acids is 1. The Hall–Kier alpha value is -4.82. The number of anilines is 1. The minimum Gasteiger partial charge on any atom is -0.480 e. The summed E-state index contributed by atoms with van der Waals surface area (Å²) in [7, 11) is 1.40. The van der Waals surface area contributed by atoms with Crippen molar-refractivity contribution < 1.29 is 38.9 Å². The molecule has 6 N–H and O–H groups in total. The Kier molecular flexibility index (Phi) is 9.30. The molecule has 0 unspecified atom stereocenters. The third kappa shape index (κ3) is 8.08. The van der Waals surface area contributed by atoms with E-state index in [-0.39, 0.29) is 39.6 Å².